The number of hydrogen-bond acceptors (Lipinski definition) is 16. The van der Waals surface area contributed by atoms with E-state index in [2.05, 4.69) is 9.80 Å². The van der Waals surface area contributed by atoms with E-state index in [0.29, 0.717) is 111 Å². The molecular weight excluding hydrogens is 1070 g/mol. The number of benzene rings is 4. The fraction of sp³-hybridized carbons (Fsp3) is 0.545. The summed E-state index contributed by atoms with van der Waals surface area (Å²) in [7, 11) is 13.0. The normalized spacial score (nSPS) is 19.1. The zero-order valence-electron chi connectivity index (χ0n) is 50.3. The van der Waals surface area contributed by atoms with Crippen molar-refractivity contribution in [1.82, 2.24) is 19.6 Å². The number of amides is 2. The van der Waals surface area contributed by atoms with Crippen molar-refractivity contribution in [1.29, 1.82) is 0 Å². The molecule has 0 saturated heterocycles. The number of esters is 2. The van der Waals surface area contributed by atoms with E-state index in [4.69, 9.17) is 47.4 Å². The smallest absolute Gasteiger partial charge is 0.332 e. The molecule has 0 radical (unpaired) electrons. The van der Waals surface area contributed by atoms with Gasteiger partial charge < -0.3 is 57.2 Å². The molecule has 2 heterocycles. The Morgan fingerprint density at radius 3 is 0.988 bits per heavy atom. The monoisotopic (exact) mass is 1160 g/mol. The van der Waals surface area contributed by atoms with E-state index in [0.717, 1.165) is 121 Å². The summed E-state index contributed by atoms with van der Waals surface area (Å²) in [5.74, 6) is 3.54. The minimum atomic E-state index is -0.946. The Morgan fingerprint density at radius 1 is 0.429 bits per heavy atom. The first-order valence-corrected chi connectivity index (χ1v) is 30.0. The van der Waals surface area contributed by atoms with Crippen LogP contribution in [0.2, 0.25) is 0 Å². The van der Waals surface area contributed by atoms with Gasteiger partial charge in [-0.2, -0.15) is 0 Å². The van der Waals surface area contributed by atoms with Gasteiger partial charge in [-0.15, -0.1) is 0 Å². The van der Waals surface area contributed by atoms with E-state index in [-0.39, 0.29) is 48.6 Å². The van der Waals surface area contributed by atoms with Crippen LogP contribution in [0.4, 0.5) is 0 Å². The molecule has 4 aromatic carbocycles. The van der Waals surface area contributed by atoms with Crippen LogP contribution < -0.4 is 37.9 Å². The molecule has 0 aromatic heterocycles. The largest absolute Gasteiger partial charge is 0.493 e. The third-order valence-corrected chi connectivity index (χ3v) is 18.6. The lowest BCUT2D eigenvalue weighted by molar-refractivity contribution is -0.164. The molecule has 4 atom stereocenters. The molecule has 6 aliphatic rings. The highest BCUT2D eigenvalue weighted by Gasteiger charge is 2.41. The highest BCUT2D eigenvalue weighted by atomic mass is 16.6. The summed E-state index contributed by atoms with van der Waals surface area (Å²) in [4.78, 5) is 66.7. The lowest BCUT2D eigenvalue weighted by Crippen LogP contribution is -2.50. The van der Waals surface area contributed by atoms with Crippen LogP contribution in [0, 0.1) is 0 Å². The number of hydrogen-bond donors (Lipinski definition) is 0. The lowest BCUT2D eigenvalue weighted by Gasteiger charge is -2.41. The van der Waals surface area contributed by atoms with Crippen molar-refractivity contribution >= 4 is 23.8 Å². The van der Waals surface area contributed by atoms with Gasteiger partial charge in [-0.3, -0.25) is 19.4 Å². The maximum Gasteiger partial charge on any atom is 0.332 e. The Balaban J connectivity index is 0.905. The second-order valence-corrected chi connectivity index (χ2v) is 23.1. The second kappa shape index (κ2) is 27.2. The SMILES string of the molecule is COc1cc2c(cc1OC)CCN(C(=O)CC(OC(=O)/C=C/C(=O)OC(CC(=O)N1CCc3cc(OC)c(OC)cc3CC1)N(C[C@H]1Cc3cc(OC)c(OC)cc31)C1CCCC1)N(C[C@H]1Cc3cc(OC)c(OC)cc31)C1CCCC1)CC2. The number of methoxy groups -OCH3 is 8. The van der Waals surface area contributed by atoms with Gasteiger partial charge >= 0.3 is 11.9 Å². The predicted molar refractivity (Wildman–Crippen MR) is 315 cm³/mol. The first-order valence-electron chi connectivity index (χ1n) is 30.0. The topological polar surface area (TPSA) is 174 Å². The Hall–Kier alpha value is -7.18. The molecule has 4 aromatic rings. The van der Waals surface area contributed by atoms with E-state index in [1.165, 1.54) is 0 Å². The fourth-order valence-electron chi connectivity index (χ4n) is 13.9. The maximum absolute atomic E-state index is 14.8. The summed E-state index contributed by atoms with van der Waals surface area (Å²) < 4.78 is 58.2. The zero-order chi connectivity index (χ0) is 59.0. The van der Waals surface area contributed by atoms with E-state index in [1.54, 1.807) is 56.9 Å². The quantitative estimate of drug-likeness (QED) is 0.0371. The zero-order valence-corrected chi connectivity index (χ0v) is 50.3. The molecule has 2 amide bonds. The molecule has 2 fully saturated rings. The molecule has 2 unspecified atom stereocenters. The van der Waals surface area contributed by atoms with E-state index >= 15 is 0 Å². The third kappa shape index (κ3) is 13.2. The number of nitrogens with zero attached hydrogens (tertiary/aromatic N) is 4. The highest BCUT2D eigenvalue weighted by Crippen LogP contribution is 2.46. The van der Waals surface area contributed by atoms with Gasteiger partial charge in [0.05, 0.1) is 69.7 Å². The van der Waals surface area contributed by atoms with Crippen LogP contribution in [0.1, 0.15) is 121 Å². The molecule has 84 heavy (non-hydrogen) atoms. The van der Waals surface area contributed by atoms with Gasteiger partial charge in [0.25, 0.3) is 0 Å². The Bertz CT molecular complexity index is 2790. The molecule has 10 rings (SSSR count). The number of fused-ring (bicyclic) bond motifs is 4. The molecule has 2 saturated carbocycles. The Kier molecular flexibility index (Phi) is 19.4. The van der Waals surface area contributed by atoms with Crippen LogP contribution in [-0.4, -0.2) is 164 Å². The van der Waals surface area contributed by atoms with Crippen molar-refractivity contribution < 1.29 is 66.5 Å². The van der Waals surface area contributed by atoms with Gasteiger partial charge in [0.2, 0.25) is 11.8 Å². The van der Waals surface area contributed by atoms with Crippen molar-refractivity contribution in [2.24, 2.45) is 0 Å². The Morgan fingerprint density at radius 2 is 0.702 bits per heavy atom. The minimum Gasteiger partial charge on any atom is -0.493 e. The van der Waals surface area contributed by atoms with E-state index in [1.807, 2.05) is 58.3 Å². The highest BCUT2D eigenvalue weighted by molar-refractivity contribution is 5.92. The maximum atomic E-state index is 14.8. The minimum absolute atomic E-state index is 0.0525. The van der Waals surface area contributed by atoms with E-state index in [9.17, 15) is 19.2 Å². The number of rotatable bonds is 24. The standard InChI is InChI=1S/C66H84N4O14/c1-75-53-29-41-19-23-67(24-20-42(41)30-54(53)76-2)61(71)37-63(69(49-13-9-10-14-49)39-47-27-45-33-57(79-5)59(81-7)35-51(45)47)83-65(73)17-18-66(74)84-64(38-62(72)68-25-21-43-31-55(77-3)56(78-4)32-44(43)22-26-68)70(50-15-11-12-16-50)40-48-28-46-34-58(80-6)60(82-8)36-52(46)48/h17-18,29-36,47-50,63-64H,9-16,19-28,37-40H2,1-8H3/b18-17+/t47-,48-,63?,64?/m1/s1. The van der Waals surface area contributed by atoms with Crippen LogP contribution in [0.3, 0.4) is 0 Å². The molecule has 18 nitrogen and oxygen atoms in total. The summed E-state index contributed by atoms with van der Waals surface area (Å²) in [6.07, 6.45) is 11.8. The van der Waals surface area contributed by atoms with Crippen LogP contribution in [-0.2, 0) is 67.2 Å². The second-order valence-electron chi connectivity index (χ2n) is 23.1. The Labute approximate surface area is 494 Å². The van der Waals surface area contributed by atoms with Crippen molar-refractivity contribution in [2.75, 3.05) is 96.1 Å². The summed E-state index contributed by atoms with van der Waals surface area (Å²) >= 11 is 0. The van der Waals surface area contributed by atoms with Crippen LogP contribution in [0.25, 0.3) is 0 Å². The summed E-state index contributed by atoms with van der Waals surface area (Å²) in [5.41, 5.74) is 8.96. The first kappa shape index (κ1) is 60.0. The van der Waals surface area contributed by atoms with Gasteiger partial charge in [-0.25, -0.2) is 9.59 Å². The number of ether oxygens (including phenoxy) is 10. The number of carbonyl (C=O) groups is 4. The summed E-state index contributed by atoms with van der Waals surface area (Å²) in [6.45, 7) is 2.98. The third-order valence-electron chi connectivity index (χ3n) is 18.6. The van der Waals surface area contributed by atoms with Crippen LogP contribution in [0.5, 0.6) is 46.0 Å². The van der Waals surface area contributed by atoms with Gasteiger partial charge in [-0.05, 0) is 157 Å². The average molecular weight is 1160 g/mol. The van der Waals surface area contributed by atoms with Gasteiger partial charge in [0.15, 0.2) is 58.5 Å². The molecule has 452 valence electrons. The van der Waals surface area contributed by atoms with Crippen LogP contribution in [0.15, 0.2) is 60.7 Å². The van der Waals surface area contributed by atoms with Crippen molar-refractivity contribution in [2.45, 2.75) is 139 Å². The van der Waals surface area contributed by atoms with Gasteiger partial charge in [-0.1, -0.05) is 25.7 Å². The van der Waals surface area contributed by atoms with Crippen molar-refractivity contribution in [3.63, 3.8) is 0 Å². The van der Waals surface area contributed by atoms with Gasteiger partial charge in [0.1, 0.15) is 0 Å². The average Bonchev–Trinajstić information content (AvgIpc) is 4.30. The summed E-state index contributed by atoms with van der Waals surface area (Å²) in [6, 6.07) is 16.2. The summed E-state index contributed by atoms with van der Waals surface area (Å²) in [5, 5.41) is 0. The molecular formula is C66H84N4O14. The van der Waals surface area contributed by atoms with Crippen LogP contribution >= 0.6 is 0 Å². The number of carbonyl (C=O) groups excluding carboxylic acids is 4. The molecule has 0 N–H and O–H groups in total. The fourth-order valence-corrected chi connectivity index (χ4v) is 13.9. The van der Waals surface area contributed by atoms with Crippen molar-refractivity contribution in [3.8, 4) is 46.0 Å². The first-order chi connectivity index (χ1) is 40.8. The van der Waals surface area contributed by atoms with Gasteiger partial charge in [0, 0.05) is 75.3 Å². The molecule has 0 spiro atoms. The molecule has 2 aliphatic heterocycles. The molecule has 0 bridgehead atoms. The molecule has 4 aliphatic carbocycles. The van der Waals surface area contributed by atoms with Crippen molar-refractivity contribution in [3.05, 3.63) is 105 Å². The predicted octanol–water partition coefficient (Wildman–Crippen LogP) is 8.55. The van der Waals surface area contributed by atoms with E-state index < -0.39 is 24.4 Å². The lowest BCUT2D eigenvalue weighted by atomic mass is 9.76. The molecule has 18 heteroatoms.